The third kappa shape index (κ3) is 5.03. The number of hydrogen-bond donors (Lipinski definition) is 2. The number of benzene rings is 2. The second-order valence-electron chi connectivity index (χ2n) is 8.38. The molecule has 1 aromatic heterocycles. The molecular formula is C24H28N2O6. The van der Waals surface area contributed by atoms with Gasteiger partial charge in [-0.15, -0.1) is 0 Å². The van der Waals surface area contributed by atoms with Gasteiger partial charge in [0.15, 0.2) is 0 Å². The number of methoxy groups -OCH3 is 2. The molecule has 2 aromatic carbocycles. The third-order valence-corrected chi connectivity index (χ3v) is 5.39. The number of aliphatic hydroxyl groups excluding tert-OH is 1. The zero-order valence-electron chi connectivity index (χ0n) is 18.7. The number of aliphatic hydroxyl groups is 2. The molecule has 3 aromatic rings. The number of aromatic nitrogens is 2. The number of hydrogen-bond acceptors (Lipinski definition) is 8. The molecule has 0 spiro atoms. The Balaban J connectivity index is 2.09. The van der Waals surface area contributed by atoms with E-state index in [0.29, 0.717) is 52.5 Å². The summed E-state index contributed by atoms with van der Waals surface area (Å²) >= 11 is 0. The van der Waals surface area contributed by atoms with E-state index in [1.807, 2.05) is 0 Å². The van der Waals surface area contributed by atoms with Crippen LogP contribution in [-0.2, 0) is 14.3 Å². The maximum Gasteiger partial charge on any atom is 0.340 e. The van der Waals surface area contributed by atoms with Gasteiger partial charge in [-0.3, -0.25) is 4.79 Å². The van der Waals surface area contributed by atoms with Crippen LogP contribution in [-0.4, -0.2) is 58.0 Å². The van der Waals surface area contributed by atoms with Gasteiger partial charge in [-0.25, -0.2) is 14.8 Å². The van der Waals surface area contributed by atoms with Crippen LogP contribution < -0.4 is 0 Å². The van der Waals surface area contributed by atoms with Gasteiger partial charge in [0.05, 0.1) is 48.0 Å². The molecule has 170 valence electrons. The van der Waals surface area contributed by atoms with E-state index in [1.54, 1.807) is 50.2 Å². The number of carbonyl (C=O) groups is 2. The van der Waals surface area contributed by atoms with Crippen molar-refractivity contribution in [1.29, 1.82) is 0 Å². The Morgan fingerprint density at radius 2 is 1.62 bits per heavy atom. The molecule has 2 N–H and O–H groups in total. The smallest absolute Gasteiger partial charge is 0.340 e. The lowest BCUT2D eigenvalue weighted by Gasteiger charge is -2.23. The van der Waals surface area contributed by atoms with Crippen molar-refractivity contribution in [3.05, 3.63) is 47.5 Å². The Labute approximate surface area is 186 Å². The van der Waals surface area contributed by atoms with Crippen molar-refractivity contribution in [2.45, 2.75) is 50.7 Å². The summed E-state index contributed by atoms with van der Waals surface area (Å²) in [5.41, 5.74) is 1.70. The zero-order chi connectivity index (χ0) is 23.5. The van der Waals surface area contributed by atoms with Crippen molar-refractivity contribution >= 4 is 34.0 Å². The molecule has 0 aliphatic carbocycles. The van der Waals surface area contributed by atoms with Crippen LogP contribution in [0.15, 0.2) is 36.4 Å². The molecule has 0 unspecified atom stereocenters. The van der Waals surface area contributed by atoms with Crippen LogP contribution in [0, 0.1) is 0 Å². The molecule has 0 saturated heterocycles. The molecule has 3 rings (SSSR count). The normalized spacial score (nSPS) is 13.7. The lowest BCUT2D eigenvalue weighted by molar-refractivity contribution is -0.145. The summed E-state index contributed by atoms with van der Waals surface area (Å²) in [6.07, 6.45) is 0.274. The van der Waals surface area contributed by atoms with E-state index in [0.717, 1.165) is 0 Å². The van der Waals surface area contributed by atoms with Crippen molar-refractivity contribution in [2.24, 2.45) is 0 Å². The molecule has 0 aliphatic rings. The highest BCUT2D eigenvalue weighted by molar-refractivity contribution is 6.03. The quantitative estimate of drug-likeness (QED) is 0.405. The van der Waals surface area contributed by atoms with Gasteiger partial charge in [-0.05, 0) is 56.9 Å². The number of ether oxygens (including phenoxy) is 2. The fourth-order valence-corrected chi connectivity index (χ4v) is 3.80. The standard InChI is InChI=1S/C24H28N2O6/c1-24(2,30)13-7-12-18(27)19(23(29)32-4)14-8-5-10-16-20(14)25-17-11-6-9-15(21(17)26-16)22(28)31-3/h5-6,8-11,18-19,27,30H,7,12-13H2,1-4H3/t18-,19-/m1/s1. The molecule has 2 atom stereocenters. The molecule has 32 heavy (non-hydrogen) atoms. The second-order valence-corrected chi connectivity index (χ2v) is 8.38. The van der Waals surface area contributed by atoms with Crippen LogP contribution in [0.4, 0.5) is 0 Å². The average molecular weight is 440 g/mol. The number of carbonyl (C=O) groups excluding carboxylic acids is 2. The summed E-state index contributed by atoms with van der Waals surface area (Å²) in [7, 11) is 2.57. The minimum absolute atomic E-state index is 0.293. The molecule has 1 heterocycles. The van der Waals surface area contributed by atoms with Crippen LogP contribution in [0.1, 0.15) is 54.9 Å². The summed E-state index contributed by atoms with van der Waals surface area (Å²) in [6.45, 7) is 3.40. The van der Waals surface area contributed by atoms with Crippen molar-refractivity contribution in [3.63, 3.8) is 0 Å². The SMILES string of the molecule is COC(=O)c1cccc2nc3c([C@@H](C(=O)OC)[C@H](O)CCCC(C)(C)O)cccc3nc12. The highest BCUT2D eigenvalue weighted by atomic mass is 16.5. The van der Waals surface area contributed by atoms with Gasteiger partial charge < -0.3 is 19.7 Å². The first kappa shape index (κ1) is 23.6. The van der Waals surface area contributed by atoms with E-state index in [9.17, 15) is 19.8 Å². The average Bonchev–Trinajstić information content (AvgIpc) is 2.76. The number of nitrogens with zero attached hydrogens (tertiary/aromatic N) is 2. The lowest BCUT2D eigenvalue weighted by atomic mass is 9.88. The van der Waals surface area contributed by atoms with Gasteiger partial charge in [0, 0.05) is 0 Å². The van der Waals surface area contributed by atoms with Crippen molar-refractivity contribution in [2.75, 3.05) is 14.2 Å². The Kier molecular flexibility index (Phi) is 7.06. The van der Waals surface area contributed by atoms with Gasteiger partial charge in [0.25, 0.3) is 0 Å². The predicted octanol–water partition coefficient (Wildman–Crippen LogP) is 3.13. The first-order chi connectivity index (χ1) is 15.2. The molecule has 0 saturated carbocycles. The zero-order valence-corrected chi connectivity index (χ0v) is 18.7. The van der Waals surface area contributed by atoms with E-state index in [4.69, 9.17) is 9.47 Å². The first-order valence-corrected chi connectivity index (χ1v) is 10.4. The summed E-state index contributed by atoms with van der Waals surface area (Å²) in [5, 5.41) is 20.8. The molecular weight excluding hydrogens is 412 g/mol. The maximum absolute atomic E-state index is 12.7. The van der Waals surface area contributed by atoms with Crippen molar-refractivity contribution in [1.82, 2.24) is 9.97 Å². The molecule has 8 nitrogen and oxygen atoms in total. The van der Waals surface area contributed by atoms with Gasteiger partial charge in [0.1, 0.15) is 11.4 Å². The summed E-state index contributed by atoms with van der Waals surface area (Å²) in [5.74, 6) is -2.07. The van der Waals surface area contributed by atoms with E-state index < -0.39 is 29.6 Å². The fraction of sp³-hybridized carbons (Fsp3) is 0.417. The van der Waals surface area contributed by atoms with Gasteiger partial charge in [0.2, 0.25) is 0 Å². The van der Waals surface area contributed by atoms with Gasteiger partial charge >= 0.3 is 11.9 Å². The lowest BCUT2D eigenvalue weighted by Crippen LogP contribution is -2.28. The highest BCUT2D eigenvalue weighted by Gasteiger charge is 2.32. The van der Waals surface area contributed by atoms with Crippen LogP contribution in [0.2, 0.25) is 0 Å². The maximum atomic E-state index is 12.7. The summed E-state index contributed by atoms with van der Waals surface area (Å²) in [6, 6.07) is 10.2. The van der Waals surface area contributed by atoms with Gasteiger partial charge in [-0.1, -0.05) is 18.2 Å². The van der Waals surface area contributed by atoms with E-state index in [2.05, 4.69) is 9.97 Å². The second kappa shape index (κ2) is 9.58. The Morgan fingerprint density at radius 1 is 1.00 bits per heavy atom. The minimum atomic E-state index is -1.03. The molecule has 0 amide bonds. The third-order valence-electron chi connectivity index (χ3n) is 5.39. The van der Waals surface area contributed by atoms with E-state index in [-0.39, 0.29) is 0 Å². The monoisotopic (exact) mass is 440 g/mol. The topological polar surface area (TPSA) is 119 Å². The molecule has 0 bridgehead atoms. The van der Waals surface area contributed by atoms with Crippen LogP contribution in [0.5, 0.6) is 0 Å². The first-order valence-electron chi connectivity index (χ1n) is 10.4. The highest BCUT2D eigenvalue weighted by Crippen LogP contribution is 2.31. The number of esters is 2. The number of fused-ring (bicyclic) bond motifs is 2. The number of para-hydroxylation sites is 2. The molecule has 0 fully saturated rings. The van der Waals surface area contributed by atoms with Gasteiger partial charge in [-0.2, -0.15) is 0 Å². The van der Waals surface area contributed by atoms with Crippen LogP contribution in [0.25, 0.3) is 22.1 Å². The molecule has 0 radical (unpaired) electrons. The van der Waals surface area contributed by atoms with Crippen LogP contribution in [0.3, 0.4) is 0 Å². The Hall–Kier alpha value is -3.10. The Morgan fingerprint density at radius 3 is 2.25 bits per heavy atom. The van der Waals surface area contributed by atoms with Crippen LogP contribution >= 0.6 is 0 Å². The summed E-state index contributed by atoms with van der Waals surface area (Å²) < 4.78 is 9.82. The van der Waals surface area contributed by atoms with E-state index >= 15 is 0 Å². The minimum Gasteiger partial charge on any atom is -0.468 e. The largest absolute Gasteiger partial charge is 0.468 e. The molecule has 0 aliphatic heterocycles. The number of rotatable bonds is 8. The summed E-state index contributed by atoms with van der Waals surface area (Å²) in [4.78, 5) is 34.1. The van der Waals surface area contributed by atoms with Crippen molar-refractivity contribution < 1.29 is 29.3 Å². The predicted molar refractivity (Wildman–Crippen MR) is 119 cm³/mol. The Bertz CT molecular complexity index is 1140. The van der Waals surface area contributed by atoms with Crippen molar-refractivity contribution in [3.8, 4) is 0 Å². The molecule has 8 heteroatoms. The fourth-order valence-electron chi connectivity index (χ4n) is 3.80. The van der Waals surface area contributed by atoms with E-state index in [1.165, 1.54) is 14.2 Å².